The molecule has 1 heterocycles. The lowest BCUT2D eigenvalue weighted by Gasteiger charge is -2.41. The standard InChI is InChI=1S/C14H28N4O2S/c1-2-12-6-8-14(9-7-12,13(15)16)17-21(19,20)18-10-4-3-5-11-18/h12,17H,2-11H2,1H3,(H3,15,16). The van der Waals surface area contributed by atoms with Gasteiger partial charge < -0.3 is 5.73 Å². The molecule has 0 atom stereocenters. The summed E-state index contributed by atoms with van der Waals surface area (Å²) < 4.78 is 29.4. The number of nitrogens with two attached hydrogens (primary N) is 1. The quantitative estimate of drug-likeness (QED) is 0.530. The highest BCUT2D eigenvalue weighted by Crippen LogP contribution is 2.34. The molecule has 0 aromatic rings. The van der Waals surface area contributed by atoms with Crippen LogP contribution < -0.4 is 10.5 Å². The van der Waals surface area contributed by atoms with Gasteiger partial charge in [-0.1, -0.05) is 19.8 Å². The van der Waals surface area contributed by atoms with E-state index in [9.17, 15) is 8.42 Å². The number of hydrogen-bond donors (Lipinski definition) is 3. The van der Waals surface area contributed by atoms with Crippen LogP contribution in [0.1, 0.15) is 58.3 Å². The topological polar surface area (TPSA) is 99.3 Å². The van der Waals surface area contributed by atoms with Crippen molar-refractivity contribution in [3.63, 3.8) is 0 Å². The molecule has 1 aliphatic carbocycles. The molecule has 1 aliphatic heterocycles. The summed E-state index contributed by atoms with van der Waals surface area (Å²) in [6.45, 7) is 3.30. The second kappa shape index (κ2) is 6.62. The molecule has 0 radical (unpaired) electrons. The van der Waals surface area contributed by atoms with E-state index in [1.807, 2.05) is 0 Å². The van der Waals surface area contributed by atoms with Crippen LogP contribution in [0.3, 0.4) is 0 Å². The Hall–Kier alpha value is -0.660. The molecule has 2 aliphatic rings. The minimum atomic E-state index is -3.55. The van der Waals surface area contributed by atoms with E-state index in [-0.39, 0.29) is 5.84 Å². The number of piperidine rings is 1. The predicted octanol–water partition coefficient (Wildman–Crippen LogP) is 1.58. The van der Waals surface area contributed by atoms with Crippen molar-refractivity contribution in [1.29, 1.82) is 5.41 Å². The molecule has 122 valence electrons. The van der Waals surface area contributed by atoms with Crippen molar-refractivity contribution in [2.75, 3.05) is 13.1 Å². The summed E-state index contributed by atoms with van der Waals surface area (Å²) in [5, 5.41) is 7.89. The lowest BCUT2D eigenvalue weighted by molar-refractivity contribution is 0.257. The molecule has 0 amide bonds. The molecule has 1 saturated carbocycles. The number of hydrogen-bond acceptors (Lipinski definition) is 3. The highest BCUT2D eigenvalue weighted by atomic mass is 32.2. The Balaban J connectivity index is 2.11. The Morgan fingerprint density at radius 1 is 1.29 bits per heavy atom. The summed E-state index contributed by atoms with van der Waals surface area (Å²) in [4.78, 5) is 0. The van der Waals surface area contributed by atoms with Crippen LogP contribution in [0.4, 0.5) is 0 Å². The van der Waals surface area contributed by atoms with Crippen molar-refractivity contribution in [3.05, 3.63) is 0 Å². The summed E-state index contributed by atoms with van der Waals surface area (Å²) in [6.07, 6.45) is 7.13. The van der Waals surface area contributed by atoms with Gasteiger partial charge in [-0.2, -0.15) is 17.4 Å². The van der Waals surface area contributed by atoms with E-state index in [0.29, 0.717) is 31.8 Å². The Morgan fingerprint density at radius 2 is 1.86 bits per heavy atom. The summed E-state index contributed by atoms with van der Waals surface area (Å²) >= 11 is 0. The largest absolute Gasteiger partial charge is 0.386 e. The molecule has 6 nitrogen and oxygen atoms in total. The second-order valence-electron chi connectivity index (χ2n) is 6.41. The second-order valence-corrected chi connectivity index (χ2v) is 8.08. The molecule has 7 heteroatoms. The maximum Gasteiger partial charge on any atom is 0.280 e. The minimum Gasteiger partial charge on any atom is -0.386 e. The van der Waals surface area contributed by atoms with E-state index in [0.717, 1.165) is 38.5 Å². The molecular formula is C14H28N4O2S. The van der Waals surface area contributed by atoms with Crippen molar-refractivity contribution in [2.45, 2.75) is 63.8 Å². The van der Waals surface area contributed by atoms with Crippen molar-refractivity contribution in [1.82, 2.24) is 9.03 Å². The van der Waals surface area contributed by atoms with Gasteiger partial charge in [0.25, 0.3) is 10.2 Å². The van der Waals surface area contributed by atoms with Crippen LogP contribution in [0, 0.1) is 11.3 Å². The predicted molar refractivity (Wildman–Crippen MR) is 84.4 cm³/mol. The number of amidine groups is 1. The Kier molecular flexibility index (Phi) is 5.27. The fraction of sp³-hybridized carbons (Fsp3) is 0.929. The van der Waals surface area contributed by atoms with Gasteiger partial charge in [0.1, 0.15) is 5.84 Å². The van der Waals surface area contributed by atoms with Gasteiger partial charge in [-0.05, 0) is 44.4 Å². The van der Waals surface area contributed by atoms with Crippen LogP contribution in [0.2, 0.25) is 0 Å². The van der Waals surface area contributed by atoms with Gasteiger partial charge in [0, 0.05) is 13.1 Å². The number of nitrogens with zero attached hydrogens (tertiary/aromatic N) is 1. The molecule has 4 N–H and O–H groups in total. The monoisotopic (exact) mass is 316 g/mol. The van der Waals surface area contributed by atoms with Gasteiger partial charge in [0.05, 0.1) is 5.54 Å². The lowest BCUT2D eigenvalue weighted by atomic mass is 9.75. The molecular weight excluding hydrogens is 288 g/mol. The first kappa shape index (κ1) is 16.7. The average molecular weight is 316 g/mol. The number of rotatable bonds is 5. The Morgan fingerprint density at radius 3 is 2.33 bits per heavy atom. The SMILES string of the molecule is CCC1CCC(NS(=O)(=O)N2CCCCC2)(C(=N)N)CC1. The molecule has 1 saturated heterocycles. The molecule has 0 spiro atoms. The fourth-order valence-electron chi connectivity index (χ4n) is 3.42. The van der Waals surface area contributed by atoms with Crippen molar-refractivity contribution in [2.24, 2.45) is 11.7 Å². The zero-order chi connectivity index (χ0) is 15.5. The fourth-order valence-corrected chi connectivity index (χ4v) is 5.10. The van der Waals surface area contributed by atoms with E-state index in [4.69, 9.17) is 11.1 Å². The lowest BCUT2D eigenvalue weighted by Crippen LogP contribution is -2.61. The first-order valence-corrected chi connectivity index (χ1v) is 9.47. The summed E-state index contributed by atoms with van der Waals surface area (Å²) in [6, 6.07) is 0. The first-order valence-electron chi connectivity index (χ1n) is 8.03. The average Bonchev–Trinajstić information content (AvgIpc) is 2.48. The van der Waals surface area contributed by atoms with E-state index in [2.05, 4.69) is 11.6 Å². The third-order valence-electron chi connectivity index (χ3n) is 5.03. The van der Waals surface area contributed by atoms with Crippen molar-refractivity contribution in [3.8, 4) is 0 Å². The molecule has 21 heavy (non-hydrogen) atoms. The van der Waals surface area contributed by atoms with Gasteiger partial charge >= 0.3 is 0 Å². The highest BCUT2D eigenvalue weighted by Gasteiger charge is 2.42. The molecule has 0 aromatic heterocycles. The third kappa shape index (κ3) is 3.76. The van der Waals surface area contributed by atoms with Crippen LogP contribution in [-0.2, 0) is 10.2 Å². The number of nitrogens with one attached hydrogen (secondary N) is 2. The van der Waals surface area contributed by atoms with Gasteiger partial charge in [0.2, 0.25) is 0 Å². The van der Waals surface area contributed by atoms with Gasteiger partial charge in [-0.25, -0.2) is 0 Å². The maximum atomic E-state index is 12.6. The highest BCUT2D eigenvalue weighted by molar-refractivity contribution is 7.87. The van der Waals surface area contributed by atoms with Crippen LogP contribution in [0.5, 0.6) is 0 Å². The normalized spacial score (nSPS) is 32.0. The third-order valence-corrected chi connectivity index (χ3v) is 6.72. The summed E-state index contributed by atoms with van der Waals surface area (Å²) in [7, 11) is -3.55. The van der Waals surface area contributed by atoms with Crippen LogP contribution in [-0.4, -0.2) is 37.2 Å². The Labute approximate surface area is 128 Å². The molecule has 2 fully saturated rings. The van der Waals surface area contributed by atoms with Gasteiger partial charge in [-0.15, -0.1) is 0 Å². The van der Waals surface area contributed by atoms with E-state index < -0.39 is 15.7 Å². The molecule has 2 rings (SSSR count). The first-order chi connectivity index (χ1) is 9.89. The summed E-state index contributed by atoms with van der Waals surface area (Å²) in [5.74, 6) is 0.578. The zero-order valence-electron chi connectivity index (χ0n) is 12.9. The minimum absolute atomic E-state index is 0.0439. The van der Waals surface area contributed by atoms with E-state index in [1.54, 1.807) is 0 Å². The maximum absolute atomic E-state index is 12.6. The van der Waals surface area contributed by atoms with Gasteiger partial charge in [0.15, 0.2) is 0 Å². The van der Waals surface area contributed by atoms with Crippen molar-refractivity contribution < 1.29 is 8.42 Å². The van der Waals surface area contributed by atoms with E-state index >= 15 is 0 Å². The van der Waals surface area contributed by atoms with Crippen LogP contribution in [0.25, 0.3) is 0 Å². The Bertz CT molecular complexity index is 463. The zero-order valence-corrected chi connectivity index (χ0v) is 13.7. The van der Waals surface area contributed by atoms with Crippen LogP contribution in [0.15, 0.2) is 0 Å². The summed E-state index contributed by atoms with van der Waals surface area (Å²) in [5.41, 5.74) is 4.89. The molecule has 0 unspecified atom stereocenters. The van der Waals surface area contributed by atoms with Gasteiger partial charge in [-0.3, -0.25) is 5.41 Å². The van der Waals surface area contributed by atoms with Crippen molar-refractivity contribution >= 4 is 16.0 Å². The smallest absolute Gasteiger partial charge is 0.280 e. The molecule has 0 bridgehead atoms. The molecule has 0 aromatic carbocycles. The van der Waals surface area contributed by atoms with Crippen LogP contribution >= 0.6 is 0 Å². The van der Waals surface area contributed by atoms with E-state index in [1.165, 1.54) is 4.31 Å².